The Hall–Kier alpha value is -0.370. The van der Waals surface area contributed by atoms with Gasteiger partial charge in [0.2, 0.25) is 0 Å². The van der Waals surface area contributed by atoms with Gasteiger partial charge < -0.3 is 5.73 Å². The molecule has 0 unspecified atom stereocenters. The summed E-state index contributed by atoms with van der Waals surface area (Å²) in [4.78, 5) is 11.7. The molecule has 2 heteroatoms. The Balaban J connectivity index is 2.31. The van der Waals surface area contributed by atoms with Crippen molar-refractivity contribution in [2.45, 2.75) is 58.4 Å². The van der Waals surface area contributed by atoms with Crippen LogP contribution in [0.2, 0.25) is 0 Å². The van der Waals surface area contributed by atoms with Crippen LogP contribution in [-0.4, -0.2) is 11.8 Å². The van der Waals surface area contributed by atoms with Gasteiger partial charge in [-0.15, -0.1) is 0 Å². The highest BCUT2D eigenvalue weighted by atomic mass is 16.1. The lowest BCUT2D eigenvalue weighted by atomic mass is 9.83. The highest BCUT2D eigenvalue weighted by molar-refractivity contribution is 5.84. The van der Waals surface area contributed by atoms with Crippen LogP contribution in [0.25, 0.3) is 0 Å². The van der Waals surface area contributed by atoms with Gasteiger partial charge in [-0.2, -0.15) is 0 Å². The van der Waals surface area contributed by atoms with Crippen molar-refractivity contribution in [2.24, 2.45) is 17.6 Å². The van der Waals surface area contributed by atoms with Gasteiger partial charge in [0.25, 0.3) is 0 Å². The van der Waals surface area contributed by atoms with E-state index in [1.54, 1.807) is 0 Å². The number of rotatable bonds is 4. The average Bonchev–Trinajstić information content (AvgIpc) is 2.18. The van der Waals surface area contributed by atoms with Crippen LogP contribution in [0.15, 0.2) is 0 Å². The molecule has 2 nitrogen and oxygen atoms in total. The van der Waals surface area contributed by atoms with E-state index >= 15 is 0 Å². The predicted octanol–water partition coefficient (Wildman–Crippen LogP) is 2.51. The van der Waals surface area contributed by atoms with Gasteiger partial charge in [-0.25, -0.2) is 0 Å². The van der Waals surface area contributed by atoms with Crippen molar-refractivity contribution in [1.82, 2.24) is 0 Å². The molecule has 82 valence electrons. The van der Waals surface area contributed by atoms with Crippen LogP contribution in [0.5, 0.6) is 0 Å². The number of carbonyl (C=O) groups is 1. The third kappa shape index (κ3) is 3.41. The standard InChI is InChI=1S/C12H23NO/c1-9(2)12(13)11(14)8-10-6-4-3-5-7-10/h9-10,12H,3-8,13H2,1-2H3/t12-/m1/s1. The van der Waals surface area contributed by atoms with E-state index in [2.05, 4.69) is 0 Å². The minimum atomic E-state index is -0.239. The number of hydrogen-bond acceptors (Lipinski definition) is 2. The fourth-order valence-electron chi connectivity index (χ4n) is 2.18. The van der Waals surface area contributed by atoms with Crippen LogP contribution in [0, 0.1) is 11.8 Å². The SMILES string of the molecule is CC(C)[C@@H](N)C(=O)CC1CCCCC1. The van der Waals surface area contributed by atoms with Gasteiger partial charge in [0.1, 0.15) is 5.78 Å². The highest BCUT2D eigenvalue weighted by Gasteiger charge is 2.22. The molecule has 1 saturated carbocycles. The van der Waals surface area contributed by atoms with Crippen molar-refractivity contribution in [3.05, 3.63) is 0 Å². The average molecular weight is 197 g/mol. The second kappa shape index (κ2) is 5.50. The normalized spacial score (nSPS) is 21.1. The number of Topliss-reactive ketones (excluding diaryl/α,β-unsaturated/α-hetero) is 1. The van der Waals surface area contributed by atoms with Crippen molar-refractivity contribution in [3.63, 3.8) is 0 Å². The fourth-order valence-corrected chi connectivity index (χ4v) is 2.18. The van der Waals surface area contributed by atoms with Gasteiger partial charge in [0.15, 0.2) is 0 Å². The van der Waals surface area contributed by atoms with Crippen LogP contribution in [-0.2, 0) is 4.79 Å². The molecule has 1 aliphatic carbocycles. The lowest BCUT2D eigenvalue weighted by Gasteiger charge is -2.23. The van der Waals surface area contributed by atoms with E-state index < -0.39 is 0 Å². The van der Waals surface area contributed by atoms with Crippen LogP contribution < -0.4 is 5.73 Å². The molecule has 14 heavy (non-hydrogen) atoms. The maximum absolute atomic E-state index is 11.7. The zero-order chi connectivity index (χ0) is 10.6. The molecule has 1 aliphatic rings. The molecule has 0 amide bonds. The van der Waals surface area contributed by atoms with E-state index in [-0.39, 0.29) is 17.7 Å². The molecule has 0 heterocycles. The first-order valence-corrected chi connectivity index (χ1v) is 5.89. The minimum absolute atomic E-state index is 0.239. The van der Waals surface area contributed by atoms with Crippen LogP contribution >= 0.6 is 0 Å². The van der Waals surface area contributed by atoms with E-state index in [1.807, 2.05) is 13.8 Å². The summed E-state index contributed by atoms with van der Waals surface area (Å²) in [6, 6.07) is -0.239. The molecule has 0 aliphatic heterocycles. The summed E-state index contributed by atoms with van der Waals surface area (Å²) >= 11 is 0. The van der Waals surface area contributed by atoms with Gasteiger partial charge >= 0.3 is 0 Å². The van der Waals surface area contributed by atoms with Crippen molar-refractivity contribution in [1.29, 1.82) is 0 Å². The highest BCUT2D eigenvalue weighted by Crippen LogP contribution is 2.27. The third-order valence-electron chi connectivity index (χ3n) is 3.30. The molecule has 1 fully saturated rings. The van der Waals surface area contributed by atoms with E-state index in [9.17, 15) is 4.79 Å². The van der Waals surface area contributed by atoms with Crippen molar-refractivity contribution >= 4 is 5.78 Å². The summed E-state index contributed by atoms with van der Waals surface area (Å²) in [5.41, 5.74) is 5.83. The first-order chi connectivity index (χ1) is 6.61. The smallest absolute Gasteiger partial charge is 0.150 e. The lowest BCUT2D eigenvalue weighted by Crippen LogP contribution is -2.36. The van der Waals surface area contributed by atoms with Crippen molar-refractivity contribution < 1.29 is 4.79 Å². The first-order valence-electron chi connectivity index (χ1n) is 5.89. The summed E-state index contributed by atoms with van der Waals surface area (Å²) in [6.45, 7) is 4.03. The van der Waals surface area contributed by atoms with Gasteiger partial charge in [-0.05, 0) is 11.8 Å². The van der Waals surface area contributed by atoms with E-state index in [0.717, 1.165) is 6.42 Å². The van der Waals surface area contributed by atoms with Gasteiger partial charge in [-0.3, -0.25) is 4.79 Å². The topological polar surface area (TPSA) is 43.1 Å². The first kappa shape index (κ1) is 11.7. The van der Waals surface area contributed by atoms with Gasteiger partial charge in [-0.1, -0.05) is 46.0 Å². The summed E-state index contributed by atoms with van der Waals surface area (Å²) in [5.74, 6) is 1.18. The van der Waals surface area contributed by atoms with Crippen LogP contribution in [0.1, 0.15) is 52.4 Å². The van der Waals surface area contributed by atoms with Crippen LogP contribution in [0.4, 0.5) is 0 Å². The van der Waals surface area contributed by atoms with Gasteiger partial charge in [0.05, 0.1) is 6.04 Å². The van der Waals surface area contributed by atoms with Crippen molar-refractivity contribution in [2.75, 3.05) is 0 Å². The second-order valence-electron chi connectivity index (χ2n) is 4.94. The lowest BCUT2D eigenvalue weighted by molar-refractivity contribution is -0.122. The zero-order valence-electron chi connectivity index (χ0n) is 9.46. The maximum atomic E-state index is 11.7. The van der Waals surface area contributed by atoms with E-state index in [1.165, 1.54) is 32.1 Å². The number of hydrogen-bond donors (Lipinski definition) is 1. The molecule has 2 N–H and O–H groups in total. The van der Waals surface area contributed by atoms with Crippen LogP contribution in [0.3, 0.4) is 0 Å². The molecule has 0 aromatic carbocycles. The molecular weight excluding hydrogens is 174 g/mol. The van der Waals surface area contributed by atoms with Gasteiger partial charge in [0, 0.05) is 6.42 Å². The zero-order valence-corrected chi connectivity index (χ0v) is 9.46. The maximum Gasteiger partial charge on any atom is 0.150 e. The molecule has 1 rings (SSSR count). The Morgan fingerprint density at radius 3 is 2.36 bits per heavy atom. The molecule has 0 bridgehead atoms. The number of carbonyl (C=O) groups excluding carboxylic acids is 1. The summed E-state index contributed by atoms with van der Waals surface area (Å²) in [7, 11) is 0. The summed E-state index contributed by atoms with van der Waals surface area (Å²) in [5, 5.41) is 0. The quantitative estimate of drug-likeness (QED) is 0.752. The fraction of sp³-hybridized carbons (Fsp3) is 0.917. The Morgan fingerprint density at radius 1 is 1.29 bits per heavy atom. The molecule has 0 aromatic rings. The second-order valence-corrected chi connectivity index (χ2v) is 4.94. The Labute approximate surface area is 87.2 Å². The summed E-state index contributed by atoms with van der Waals surface area (Å²) in [6.07, 6.45) is 7.14. The Morgan fingerprint density at radius 2 is 1.86 bits per heavy atom. The summed E-state index contributed by atoms with van der Waals surface area (Å²) < 4.78 is 0. The largest absolute Gasteiger partial charge is 0.321 e. The Kier molecular flexibility index (Phi) is 4.59. The van der Waals surface area contributed by atoms with Crippen molar-refractivity contribution in [3.8, 4) is 0 Å². The third-order valence-corrected chi connectivity index (χ3v) is 3.30. The predicted molar refractivity (Wildman–Crippen MR) is 59.0 cm³/mol. The number of ketones is 1. The molecule has 0 radical (unpaired) electrons. The number of nitrogens with two attached hydrogens (primary N) is 1. The molecule has 0 spiro atoms. The van der Waals surface area contributed by atoms with E-state index in [0.29, 0.717) is 5.92 Å². The minimum Gasteiger partial charge on any atom is -0.321 e. The molecular formula is C12H23NO. The monoisotopic (exact) mass is 197 g/mol. The molecule has 1 atom stereocenters. The Bertz CT molecular complexity index is 183. The molecule has 0 aromatic heterocycles. The molecule has 0 saturated heterocycles. The van der Waals surface area contributed by atoms with E-state index in [4.69, 9.17) is 5.73 Å².